The van der Waals surface area contributed by atoms with Crippen LogP contribution in [0.4, 0.5) is 0 Å². The van der Waals surface area contributed by atoms with E-state index in [0.717, 1.165) is 18.1 Å². The van der Waals surface area contributed by atoms with Crippen LogP contribution in [-0.4, -0.2) is 18.5 Å². The van der Waals surface area contributed by atoms with Crippen LogP contribution in [0, 0.1) is 11.3 Å². The first-order chi connectivity index (χ1) is 8.81. The number of hydrogen-bond donors (Lipinski definition) is 2. The maximum absolute atomic E-state index is 8.84. The molecule has 0 unspecified atom stereocenters. The van der Waals surface area contributed by atoms with Crippen LogP contribution in [0.1, 0.15) is 30.9 Å². The normalized spacial score (nSPS) is 15.0. The second-order valence-corrected chi connectivity index (χ2v) is 4.43. The van der Waals surface area contributed by atoms with Gasteiger partial charge in [-0.15, -0.1) is 0 Å². The second kappa shape index (κ2) is 6.06. The van der Waals surface area contributed by atoms with Crippen LogP contribution in [0.25, 0.3) is 0 Å². The molecule has 2 rings (SSSR count). The minimum Gasteiger partial charge on any atom is -0.357 e. The zero-order chi connectivity index (χ0) is 12.8. The van der Waals surface area contributed by atoms with Crippen LogP contribution < -0.4 is 10.6 Å². The van der Waals surface area contributed by atoms with Gasteiger partial charge in [-0.3, -0.25) is 0 Å². The minimum atomic E-state index is 0.591. The van der Waals surface area contributed by atoms with Gasteiger partial charge in [-0.05, 0) is 37.5 Å². The third-order valence-electron chi connectivity index (χ3n) is 2.74. The van der Waals surface area contributed by atoms with Crippen LogP contribution in [0.2, 0.25) is 0 Å². The van der Waals surface area contributed by atoms with Gasteiger partial charge in [0.1, 0.15) is 0 Å². The van der Waals surface area contributed by atoms with Crippen LogP contribution in [0.5, 0.6) is 0 Å². The molecule has 94 valence electrons. The van der Waals surface area contributed by atoms with Crippen LogP contribution >= 0.6 is 0 Å². The van der Waals surface area contributed by atoms with Gasteiger partial charge in [0.15, 0.2) is 5.96 Å². The van der Waals surface area contributed by atoms with Crippen molar-refractivity contribution >= 4 is 5.96 Å². The number of nitrogens with zero attached hydrogens (tertiary/aromatic N) is 2. The molecule has 1 aromatic carbocycles. The largest absolute Gasteiger partial charge is 0.357 e. The summed E-state index contributed by atoms with van der Waals surface area (Å²) >= 11 is 0. The van der Waals surface area contributed by atoms with Gasteiger partial charge in [-0.25, -0.2) is 4.99 Å². The molecule has 0 amide bonds. The van der Waals surface area contributed by atoms with E-state index in [0.29, 0.717) is 18.2 Å². The van der Waals surface area contributed by atoms with Gasteiger partial charge in [-0.1, -0.05) is 12.1 Å². The highest BCUT2D eigenvalue weighted by Gasteiger charge is 2.21. The first kappa shape index (κ1) is 12.4. The van der Waals surface area contributed by atoms with Gasteiger partial charge in [0.05, 0.1) is 18.2 Å². The fraction of sp³-hybridized carbons (Fsp3) is 0.429. The SMILES string of the molecule is CCNC(=NCc1cccc(C#N)c1)NC1CC1. The van der Waals surface area contributed by atoms with Crippen molar-refractivity contribution in [3.05, 3.63) is 35.4 Å². The van der Waals surface area contributed by atoms with Gasteiger partial charge in [0, 0.05) is 12.6 Å². The molecule has 0 saturated heterocycles. The number of nitriles is 1. The Morgan fingerprint density at radius 3 is 3.00 bits per heavy atom. The highest BCUT2D eigenvalue weighted by atomic mass is 15.2. The fourth-order valence-electron chi connectivity index (χ4n) is 1.65. The van der Waals surface area contributed by atoms with E-state index in [2.05, 4.69) is 28.6 Å². The molecule has 1 aliphatic rings. The molecule has 4 nitrogen and oxygen atoms in total. The predicted molar refractivity (Wildman–Crippen MR) is 72.1 cm³/mol. The zero-order valence-corrected chi connectivity index (χ0v) is 10.6. The van der Waals surface area contributed by atoms with E-state index in [1.165, 1.54) is 12.8 Å². The van der Waals surface area contributed by atoms with Crippen molar-refractivity contribution < 1.29 is 0 Å². The lowest BCUT2D eigenvalue weighted by Gasteiger charge is -2.10. The Bertz CT molecular complexity index is 469. The summed E-state index contributed by atoms with van der Waals surface area (Å²) in [7, 11) is 0. The van der Waals surface area contributed by atoms with Gasteiger partial charge in [0.25, 0.3) is 0 Å². The Labute approximate surface area is 108 Å². The third-order valence-corrected chi connectivity index (χ3v) is 2.74. The summed E-state index contributed by atoms with van der Waals surface area (Å²) in [4.78, 5) is 4.52. The topological polar surface area (TPSA) is 60.2 Å². The van der Waals surface area contributed by atoms with Crippen molar-refractivity contribution in [1.29, 1.82) is 5.26 Å². The molecule has 0 aliphatic heterocycles. The molecule has 1 saturated carbocycles. The summed E-state index contributed by atoms with van der Waals surface area (Å²) in [5, 5.41) is 15.4. The van der Waals surface area contributed by atoms with Crippen molar-refractivity contribution in [3.63, 3.8) is 0 Å². The molecule has 0 bridgehead atoms. The second-order valence-electron chi connectivity index (χ2n) is 4.43. The minimum absolute atomic E-state index is 0.591. The van der Waals surface area contributed by atoms with Gasteiger partial charge >= 0.3 is 0 Å². The summed E-state index contributed by atoms with van der Waals surface area (Å²) < 4.78 is 0. The predicted octanol–water partition coefficient (Wildman–Crippen LogP) is 1.78. The number of rotatable bonds is 4. The first-order valence-electron chi connectivity index (χ1n) is 6.35. The lowest BCUT2D eigenvalue weighted by atomic mass is 10.1. The average molecular weight is 242 g/mol. The standard InChI is InChI=1S/C14H18N4/c1-2-16-14(18-13-6-7-13)17-10-12-5-3-4-11(8-12)9-15/h3-5,8,13H,2,6-7,10H2,1H3,(H2,16,17,18). The van der Waals surface area contributed by atoms with E-state index in [-0.39, 0.29) is 0 Å². The number of benzene rings is 1. The summed E-state index contributed by atoms with van der Waals surface area (Å²) in [6.07, 6.45) is 2.46. The molecule has 0 radical (unpaired) electrons. The Hall–Kier alpha value is -2.02. The Kier molecular flexibility index (Phi) is 4.19. The van der Waals surface area contributed by atoms with Crippen LogP contribution in [0.15, 0.2) is 29.3 Å². The smallest absolute Gasteiger partial charge is 0.191 e. The number of guanidine groups is 1. The maximum Gasteiger partial charge on any atom is 0.191 e. The molecule has 1 fully saturated rings. The highest BCUT2D eigenvalue weighted by Crippen LogP contribution is 2.18. The van der Waals surface area contributed by atoms with Crippen molar-refractivity contribution in [3.8, 4) is 6.07 Å². The van der Waals surface area contributed by atoms with E-state index in [1.54, 1.807) is 6.07 Å². The van der Waals surface area contributed by atoms with E-state index in [1.807, 2.05) is 18.2 Å². The average Bonchev–Trinajstić information content (AvgIpc) is 3.20. The van der Waals surface area contributed by atoms with Crippen LogP contribution in [-0.2, 0) is 6.54 Å². The van der Waals surface area contributed by atoms with Gasteiger partial charge < -0.3 is 10.6 Å². The molecule has 0 heterocycles. The van der Waals surface area contributed by atoms with Crippen molar-refractivity contribution in [2.45, 2.75) is 32.4 Å². The van der Waals surface area contributed by atoms with Gasteiger partial charge in [0.2, 0.25) is 0 Å². The molecule has 18 heavy (non-hydrogen) atoms. The molecule has 2 N–H and O–H groups in total. The Morgan fingerprint density at radius 2 is 2.33 bits per heavy atom. The molecular formula is C14H18N4. The Morgan fingerprint density at radius 1 is 1.50 bits per heavy atom. The number of hydrogen-bond acceptors (Lipinski definition) is 2. The summed E-state index contributed by atoms with van der Waals surface area (Å²) in [5.41, 5.74) is 1.74. The molecule has 1 aliphatic carbocycles. The number of nitrogens with one attached hydrogen (secondary N) is 2. The van der Waals surface area contributed by atoms with E-state index < -0.39 is 0 Å². The first-order valence-corrected chi connectivity index (χ1v) is 6.35. The van der Waals surface area contributed by atoms with Crippen molar-refractivity contribution in [2.24, 2.45) is 4.99 Å². The molecule has 4 heteroatoms. The van der Waals surface area contributed by atoms with E-state index in [4.69, 9.17) is 5.26 Å². The molecule has 1 aromatic rings. The summed E-state index contributed by atoms with van der Waals surface area (Å²) in [6.45, 7) is 3.51. The summed E-state index contributed by atoms with van der Waals surface area (Å²) in [6, 6.07) is 10.3. The van der Waals surface area contributed by atoms with Crippen molar-refractivity contribution in [2.75, 3.05) is 6.54 Å². The lowest BCUT2D eigenvalue weighted by Crippen LogP contribution is -2.38. The lowest BCUT2D eigenvalue weighted by molar-refractivity contribution is 0.812. The van der Waals surface area contributed by atoms with E-state index in [9.17, 15) is 0 Å². The quantitative estimate of drug-likeness (QED) is 0.625. The molecular weight excluding hydrogens is 224 g/mol. The number of aliphatic imine (C=N–C) groups is 1. The maximum atomic E-state index is 8.84. The highest BCUT2D eigenvalue weighted by molar-refractivity contribution is 5.80. The van der Waals surface area contributed by atoms with Crippen LogP contribution in [0.3, 0.4) is 0 Å². The monoisotopic (exact) mass is 242 g/mol. The molecule has 0 atom stereocenters. The third kappa shape index (κ3) is 3.77. The molecule has 0 spiro atoms. The zero-order valence-electron chi connectivity index (χ0n) is 10.6. The van der Waals surface area contributed by atoms with Gasteiger partial charge in [-0.2, -0.15) is 5.26 Å². The fourth-order valence-corrected chi connectivity index (χ4v) is 1.65. The summed E-state index contributed by atoms with van der Waals surface area (Å²) in [5.74, 6) is 0.863. The van der Waals surface area contributed by atoms with E-state index >= 15 is 0 Å². The Balaban J connectivity index is 1.98. The molecule has 0 aromatic heterocycles. The van der Waals surface area contributed by atoms with Crippen molar-refractivity contribution in [1.82, 2.24) is 10.6 Å².